The summed E-state index contributed by atoms with van der Waals surface area (Å²) < 4.78 is 0. The van der Waals surface area contributed by atoms with Gasteiger partial charge in [-0.15, -0.1) is 0 Å². The first-order chi connectivity index (χ1) is 10.5. The number of urea groups is 1. The number of rotatable bonds is 6. The van der Waals surface area contributed by atoms with Crippen LogP contribution >= 0.6 is 0 Å². The predicted molar refractivity (Wildman–Crippen MR) is 83.4 cm³/mol. The van der Waals surface area contributed by atoms with Crippen molar-refractivity contribution in [1.82, 2.24) is 20.9 Å². The topological polar surface area (TPSA) is 90.5 Å². The normalized spacial score (nSPS) is 9.77. The highest BCUT2D eigenvalue weighted by Gasteiger charge is 2.10. The van der Waals surface area contributed by atoms with Crippen molar-refractivity contribution >= 4 is 17.8 Å². The van der Waals surface area contributed by atoms with Crippen molar-refractivity contribution in [3.63, 3.8) is 0 Å². The lowest BCUT2D eigenvalue weighted by Crippen LogP contribution is -2.38. The third kappa shape index (κ3) is 5.43. The lowest BCUT2D eigenvalue weighted by atomic mass is 10.1. The number of hydrogen-bond acceptors (Lipinski definition) is 3. The van der Waals surface area contributed by atoms with Crippen LogP contribution in [-0.4, -0.2) is 50.4 Å². The number of benzene rings is 1. The van der Waals surface area contributed by atoms with Crippen molar-refractivity contribution in [3.8, 4) is 0 Å². The van der Waals surface area contributed by atoms with E-state index in [-0.39, 0.29) is 24.3 Å². The third-order valence-electron chi connectivity index (χ3n) is 3.16. The quantitative estimate of drug-likeness (QED) is 0.707. The van der Waals surface area contributed by atoms with E-state index in [1.54, 1.807) is 39.3 Å². The van der Waals surface area contributed by atoms with Crippen molar-refractivity contribution in [2.45, 2.75) is 13.0 Å². The van der Waals surface area contributed by atoms with Gasteiger partial charge < -0.3 is 20.9 Å². The van der Waals surface area contributed by atoms with Gasteiger partial charge in [0, 0.05) is 46.2 Å². The molecule has 0 radical (unpaired) electrons. The van der Waals surface area contributed by atoms with Crippen molar-refractivity contribution in [2.24, 2.45) is 0 Å². The molecule has 7 heteroatoms. The Morgan fingerprint density at radius 2 is 1.86 bits per heavy atom. The van der Waals surface area contributed by atoms with Gasteiger partial charge in [0.1, 0.15) is 0 Å². The minimum Gasteiger partial charge on any atom is -0.359 e. The summed E-state index contributed by atoms with van der Waals surface area (Å²) in [5.74, 6) is -0.284. The van der Waals surface area contributed by atoms with Crippen molar-refractivity contribution < 1.29 is 14.4 Å². The molecule has 1 rings (SSSR count). The molecule has 120 valence electrons. The predicted octanol–water partition coefficient (Wildman–Crippen LogP) is 0.324. The summed E-state index contributed by atoms with van der Waals surface area (Å²) in [6.45, 7) is 0.651. The van der Waals surface area contributed by atoms with Gasteiger partial charge in [0.15, 0.2) is 0 Å². The molecule has 0 fully saturated rings. The molecule has 0 heterocycles. The fourth-order valence-corrected chi connectivity index (χ4v) is 1.78. The van der Waals surface area contributed by atoms with Gasteiger partial charge in [0.2, 0.25) is 5.91 Å². The number of nitrogens with one attached hydrogen (secondary N) is 3. The largest absolute Gasteiger partial charge is 0.359 e. The molecule has 7 nitrogen and oxygen atoms in total. The fourth-order valence-electron chi connectivity index (χ4n) is 1.78. The number of carbonyl (C=O) groups is 3. The zero-order chi connectivity index (χ0) is 16.5. The number of carbonyl (C=O) groups excluding carboxylic acids is 3. The summed E-state index contributed by atoms with van der Waals surface area (Å²) in [5.41, 5.74) is 1.37. The van der Waals surface area contributed by atoms with Crippen LogP contribution in [0.15, 0.2) is 24.3 Å². The maximum atomic E-state index is 11.9. The highest BCUT2D eigenvalue weighted by molar-refractivity contribution is 5.94. The molecule has 0 bridgehead atoms. The summed E-state index contributed by atoms with van der Waals surface area (Å²) >= 11 is 0. The van der Waals surface area contributed by atoms with Crippen LogP contribution in [0.4, 0.5) is 4.79 Å². The van der Waals surface area contributed by atoms with Gasteiger partial charge in [0.05, 0.1) is 0 Å². The molecule has 0 aliphatic carbocycles. The maximum absolute atomic E-state index is 11.9. The molecular formula is C15H22N4O3. The first-order valence-electron chi connectivity index (χ1n) is 6.98. The van der Waals surface area contributed by atoms with E-state index in [4.69, 9.17) is 0 Å². The molecule has 0 aromatic heterocycles. The van der Waals surface area contributed by atoms with E-state index >= 15 is 0 Å². The van der Waals surface area contributed by atoms with Crippen molar-refractivity contribution in [1.29, 1.82) is 0 Å². The molecule has 22 heavy (non-hydrogen) atoms. The average Bonchev–Trinajstić information content (AvgIpc) is 2.56. The number of hydrogen-bond donors (Lipinski definition) is 3. The fraction of sp³-hybridized carbons (Fsp3) is 0.400. The summed E-state index contributed by atoms with van der Waals surface area (Å²) in [4.78, 5) is 36.0. The molecular weight excluding hydrogens is 284 g/mol. The molecule has 1 aromatic carbocycles. The zero-order valence-electron chi connectivity index (χ0n) is 13.1. The van der Waals surface area contributed by atoms with Gasteiger partial charge >= 0.3 is 6.03 Å². The van der Waals surface area contributed by atoms with Gasteiger partial charge in [-0.25, -0.2) is 4.79 Å². The van der Waals surface area contributed by atoms with E-state index in [0.29, 0.717) is 18.7 Å². The van der Waals surface area contributed by atoms with Crippen LogP contribution in [-0.2, 0) is 11.3 Å². The van der Waals surface area contributed by atoms with E-state index < -0.39 is 0 Å². The van der Waals surface area contributed by atoms with Gasteiger partial charge in [-0.1, -0.05) is 12.1 Å². The summed E-state index contributed by atoms with van der Waals surface area (Å²) in [5, 5.41) is 7.80. The van der Waals surface area contributed by atoms with Crippen LogP contribution < -0.4 is 16.0 Å². The van der Waals surface area contributed by atoms with Gasteiger partial charge in [0.25, 0.3) is 5.91 Å². The lowest BCUT2D eigenvalue weighted by Gasteiger charge is -2.17. The second-order valence-electron chi connectivity index (χ2n) is 4.78. The summed E-state index contributed by atoms with van der Waals surface area (Å²) in [6.07, 6.45) is 0.257. The molecule has 0 spiro atoms. The second kappa shape index (κ2) is 8.66. The molecule has 0 aliphatic rings. The van der Waals surface area contributed by atoms with Crippen LogP contribution in [0.2, 0.25) is 0 Å². The highest BCUT2D eigenvalue weighted by atomic mass is 16.2. The van der Waals surface area contributed by atoms with Crippen LogP contribution in [0.25, 0.3) is 0 Å². The van der Waals surface area contributed by atoms with E-state index in [1.807, 2.05) is 6.07 Å². The maximum Gasteiger partial charge on any atom is 0.317 e. The lowest BCUT2D eigenvalue weighted by molar-refractivity contribution is -0.120. The molecule has 0 saturated carbocycles. The second-order valence-corrected chi connectivity index (χ2v) is 4.78. The standard InChI is InChI=1S/C15H22N4O3/c1-16-13(20)7-8-19(3)15(22)18-10-11-5-4-6-12(9-11)14(21)17-2/h4-6,9H,7-8,10H2,1-3H3,(H,16,20)(H,17,21)(H,18,22). The molecule has 1 aromatic rings. The van der Waals surface area contributed by atoms with E-state index in [2.05, 4.69) is 16.0 Å². The smallest absolute Gasteiger partial charge is 0.317 e. The van der Waals surface area contributed by atoms with Crippen LogP contribution in [0.1, 0.15) is 22.3 Å². The van der Waals surface area contributed by atoms with Gasteiger partial charge in [-0.05, 0) is 17.7 Å². The summed E-state index contributed by atoms with van der Waals surface area (Å²) in [6, 6.07) is 6.76. The monoisotopic (exact) mass is 306 g/mol. The molecule has 0 saturated heterocycles. The minimum atomic E-state index is -0.269. The first-order valence-corrected chi connectivity index (χ1v) is 6.98. The van der Waals surface area contributed by atoms with Gasteiger partial charge in [-0.3, -0.25) is 9.59 Å². The van der Waals surface area contributed by atoms with Crippen molar-refractivity contribution in [2.75, 3.05) is 27.7 Å². The molecule has 3 N–H and O–H groups in total. The number of amides is 4. The molecule has 0 unspecified atom stereocenters. The minimum absolute atomic E-state index is 0.113. The Hall–Kier alpha value is -2.57. The molecule has 4 amide bonds. The Morgan fingerprint density at radius 3 is 2.50 bits per heavy atom. The first kappa shape index (κ1) is 17.5. The highest BCUT2D eigenvalue weighted by Crippen LogP contribution is 2.05. The SMILES string of the molecule is CNC(=O)CCN(C)C(=O)NCc1cccc(C(=O)NC)c1. The third-order valence-corrected chi connectivity index (χ3v) is 3.16. The Morgan fingerprint density at radius 1 is 1.14 bits per heavy atom. The Balaban J connectivity index is 2.50. The Bertz CT molecular complexity index is 545. The van der Waals surface area contributed by atoms with E-state index in [0.717, 1.165) is 5.56 Å². The van der Waals surface area contributed by atoms with Crippen LogP contribution in [0, 0.1) is 0 Å². The molecule has 0 atom stereocenters. The van der Waals surface area contributed by atoms with Crippen molar-refractivity contribution in [3.05, 3.63) is 35.4 Å². The average molecular weight is 306 g/mol. The van der Waals surface area contributed by atoms with Crippen LogP contribution in [0.3, 0.4) is 0 Å². The van der Waals surface area contributed by atoms with E-state index in [1.165, 1.54) is 4.90 Å². The van der Waals surface area contributed by atoms with Gasteiger partial charge in [-0.2, -0.15) is 0 Å². The number of nitrogens with zero attached hydrogens (tertiary/aromatic N) is 1. The van der Waals surface area contributed by atoms with Crippen LogP contribution in [0.5, 0.6) is 0 Å². The van der Waals surface area contributed by atoms with E-state index in [9.17, 15) is 14.4 Å². The summed E-state index contributed by atoms with van der Waals surface area (Å²) in [7, 11) is 4.75. The Labute approximate surface area is 130 Å². The zero-order valence-corrected chi connectivity index (χ0v) is 13.1. The molecule has 0 aliphatic heterocycles. The Kier molecular flexibility index (Phi) is 6.88.